The highest BCUT2D eigenvalue weighted by Crippen LogP contribution is 2.27. The van der Waals surface area contributed by atoms with Crippen LogP contribution in [0.4, 0.5) is 13.2 Å². The monoisotopic (exact) mass is 200 g/mol. The van der Waals surface area contributed by atoms with Gasteiger partial charge in [-0.2, -0.15) is 13.2 Å². The molecule has 0 bridgehead atoms. The Morgan fingerprint density at radius 1 is 1.54 bits per heavy atom. The van der Waals surface area contributed by atoms with E-state index in [0.29, 0.717) is 6.92 Å². The van der Waals surface area contributed by atoms with Gasteiger partial charge in [0.1, 0.15) is 0 Å². The van der Waals surface area contributed by atoms with Gasteiger partial charge in [0.2, 0.25) is 5.91 Å². The van der Waals surface area contributed by atoms with Crippen LogP contribution in [0.25, 0.3) is 0 Å². The number of nitrogens with two attached hydrogens (primary N) is 1. The zero-order chi connectivity index (χ0) is 10.7. The van der Waals surface area contributed by atoms with Crippen LogP contribution in [-0.4, -0.2) is 35.9 Å². The fourth-order valence-corrected chi connectivity index (χ4v) is 0.482. The van der Waals surface area contributed by atoms with E-state index in [-0.39, 0.29) is 6.54 Å². The molecule has 0 aliphatic carbocycles. The van der Waals surface area contributed by atoms with Crippen molar-refractivity contribution < 1.29 is 23.1 Å². The highest BCUT2D eigenvalue weighted by atomic mass is 19.4. The van der Waals surface area contributed by atoms with Gasteiger partial charge in [0.25, 0.3) is 0 Å². The number of nitrogens with one attached hydrogen (secondary N) is 1. The van der Waals surface area contributed by atoms with Crippen molar-refractivity contribution in [3.8, 4) is 0 Å². The molecular formula is C6H11F3N2O2. The summed E-state index contributed by atoms with van der Waals surface area (Å²) < 4.78 is 36.2. The molecule has 0 aliphatic rings. The molecule has 0 aromatic rings. The molecule has 78 valence electrons. The van der Waals surface area contributed by atoms with Crippen LogP contribution >= 0.6 is 0 Å². The van der Waals surface area contributed by atoms with Crippen molar-refractivity contribution in [2.24, 2.45) is 5.73 Å². The first-order chi connectivity index (χ1) is 5.73. The van der Waals surface area contributed by atoms with Gasteiger partial charge in [0.05, 0.1) is 6.61 Å². The number of halogens is 3. The van der Waals surface area contributed by atoms with Gasteiger partial charge in [-0.05, 0) is 6.92 Å². The Balaban J connectivity index is 4.37. The van der Waals surface area contributed by atoms with Gasteiger partial charge in [-0.1, -0.05) is 0 Å². The summed E-state index contributed by atoms with van der Waals surface area (Å²) in [5.74, 6) is -1.35. The summed E-state index contributed by atoms with van der Waals surface area (Å²) in [6.07, 6.45) is -4.80. The number of aliphatic hydroxyl groups is 1. The maximum Gasteiger partial charge on any atom is 0.415 e. The fourth-order valence-electron chi connectivity index (χ4n) is 0.482. The molecule has 0 aromatic carbocycles. The van der Waals surface area contributed by atoms with Crippen molar-refractivity contribution in [1.29, 1.82) is 0 Å². The minimum absolute atomic E-state index is 0.248. The van der Waals surface area contributed by atoms with Crippen LogP contribution in [0.1, 0.15) is 6.92 Å². The number of carbonyl (C=O) groups is 1. The highest BCUT2D eigenvalue weighted by Gasteiger charge is 2.53. The molecular weight excluding hydrogens is 189 g/mol. The van der Waals surface area contributed by atoms with Crippen molar-refractivity contribution in [2.45, 2.75) is 18.6 Å². The third-order valence-corrected chi connectivity index (χ3v) is 1.46. The molecule has 0 saturated carbocycles. The number of alkyl halides is 3. The number of rotatable bonds is 3. The Hall–Kier alpha value is -0.820. The Labute approximate surface area is 72.9 Å². The number of hydrogen-bond donors (Lipinski definition) is 3. The summed E-state index contributed by atoms with van der Waals surface area (Å²) >= 11 is 0. The average molecular weight is 200 g/mol. The van der Waals surface area contributed by atoms with Crippen LogP contribution in [0.5, 0.6) is 0 Å². The van der Waals surface area contributed by atoms with Crippen LogP contribution in [-0.2, 0) is 4.79 Å². The first-order valence-electron chi connectivity index (χ1n) is 3.48. The van der Waals surface area contributed by atoms with E-state index in [4.69, 9.17) is 10.8 Å². The Morgan fingerprint density at radius 3 is 2.31 bits per heavy atom. The van der Waals surface area contributed by atoms with Gasteiger partial charge in [-0.25, -0.2) is 0 Å². The Kier molecular flexibility index (Phi) is 3.68. The van der Waals surface area contributed by atoms with Crippen molar-refractivity contribution in [1.82, 2.24) is 5.32 Å². The van der Waals surface area contributed by atoms with Crippen molar-refractivity contribution in [3.05, 3.63) is 0 Å². The largest absolute Gasteiger partial charge is 0.415 e. The second-order valence-electron chi connectivity index (χ2n) is 2.68. The third-order valence-electron chi connectivity index (χ3n) is 1.46. The van der Waals surface area contributed by atoms with Crippen LogP contribution in [0.15, 0.2) is 0 Å². The molecule has 4 N–H and O–H groups in total. The average Bonchev–Trinajstić information content (AvgIpc) is 1.97. The van der Waals surface area contributed by atoms with Crippen molar-refractivity contribution in [3.63, 3.8) is 0 Å². The summed E-state index contributed by atoms with van der Waals surface area (Å²) in [4.78, 5) is 10.8. The second kappa shape index (κ2) is 3.93. The van der Waals surface area contributed by atoms with E-state index in [2.05, 4.69) is 0 Å². The van der Waals surface area contributed by atoms with Gasteiger partial charge < -0.3 is 16.2 Å². The molecule has 1 amide bonds. The molecule has 4 nitrogen and oxygen atoms in total. The molecule has 0 spiro atoms. The summed E-state index contributed by atoms with van der Waals surface area (Å²) in [7, 11) is 0. The summed E-state index contributed by atoms with van der Waals surface area (Å²) in [5, 5.41) is 10.1. The van der Waals surface area contributed by atoms with Gasteiger partial charge in [0.15, 0.2) is 5.54 Å². The maximum absolute atomic E-state index is 12.1. The van der Waals surface area contributed by atoms with Crippen molar-refractivity contribution in [2.75, 3.05) is 13.2 Å². The quantitative estimate of drug-likeness (QED) is 0.568. The van der Waals surface area contributed by atoms with Crippen LogP contribution in [0.2, 0.25) is 0 Å². The smallest absolute Gasteiger partial charge is 0.395 e. The van der Waals surface area contributed by atoms with Gasteiger partial charge in [-0.3, -0.25) is 4.79 Å². The summed E-state index contributed by atoms with van der Waals surface area (Å²) in [5.41, 5.74) is 1.84. The normalized spacial score (nSPS) is 16.5. The zero-order valence-electron chi connectivity index (χ0n) is 6.98. The lowest BCUT2D eigenvalue weighted by molar-refractivity contribution is -0.187. The molecule has 0 radical (unpaired) electrons. The molecule has 1 unspecified atom stereocenters. The molecule has 0 rings (SSSR count). The van der Waals surface area contributed by atoms with E-state index in [1.54, 1.807) is 0 Å². The summed E-state index contributed by atoms with van der Waals surface area (Å²) in [6.45, 7) is -0.110. The van der Waals surface area contributed by atoms with E-state index >= 15 is 0 Å². The van der Waals surface area contributed by atoms with Crippen molar-refractivity contribution >= 4 is 5.91 Å². The highest BCUT2D eigenvalue weighted by molar-refractivity contribution is 5.86. The molecule has 0 aliphatic heterocycles. The number of carbonyl (C=O) groups excluding carboxylic acids is 1. The summed E-state index contributed by atoms with van der Waals surface area (Å²) in [6, 6.07) is 0. The molecule has 13 heavy (non-hydrogen) atoms. The molecule has 7 heteroatoms. The molecule has 0 aromatic heterocycles. The third kappa shape index (κ3) is 2.85. The van der Waals surface area contributed by atoms with E-state index in [0.717, 1.165) is 0 Å². The van der Waals surface area contributed by atoms with Gasteiger partial charge in [-0.15, -0.1) is 0 Å². The lowest BCUT2D eigenvalue weighted by Crippen LogP contribution is -2.61. The fraction of sp³-hybridized carbons (Fsp3) is 0.833. The lowest BCUT2D eigenvalue weighted by atomic mass is 10.0. The zero-order valence-corrected chi connectivity index (χ0v) is 6.98. The lowest BCUT2D eigenvalue weighted by Gasteiger charge is -2.25. The minimum Gasteiger partial charge on any atom is -0.395 e. The standard InChI is InChI=1S/C6H11F3N2O2/c1-5(10,6(7,8)9)4(13)11-2-3-12/h12H,2-3,10H2,1H3,(H,11,13). The van der Waals surface area contributed by atoms with Gasteiger partial charge in [0, 0.05) is 6.54 Å². The second-order valence-corrected chi connectivity index (χ2v) is 2.68. The first kappa shape index (κ1) is 12.2. The Morgan fingerprint density at radius 2 is 2.00 bits per heavy atom. The molecule has 0 heterocycles. The van der Waals surface area contributed by atoms with Crippen LogP contribution < -0.4 is 11.1 Å². The van der Waals surface area contributed by atoms with E-state index in [9.17, 15) is 18.0 Å². The maximum atomic E-state index is 12.1. The van der Waals surface area contributed by atoms with E-state index in [1.807, 2.05) is 5.32 Å². The minimum atomic E-state index is -4.80. The van der Waals surface area contributed by atoms with E-state index in [1.165, 1.54) is 0 Å². The molecule has 0 fully saturated rings. The Bertz CT molecular complexity index is 191. The molecule has 1 atom stereocenters. The number of aliphatic hydroxyl groups excluding tert-OH is 1. The van der Waals surface area contributed by atoms with Crippen LogP contribution in [0, 0.1) is 0 Å². The first-order valence-corrected chi connectivity index (χ1v) is 3.48. The van der Waals surface area contributed by atoms with Crippen LogP contribution in [0.3, 0.4) is 0 Å². The predicted molar refractivity (Wildman–Crippen MR) is 38.7 cm³/mol. The topological polar surface area (TPSA) is 75.4 Å². The van der Waals surface area contributed by atoms with E-state index < -0.39 is 24.2 Å². The predicted octanol–water partition coefficient (Wildman–Crippen LogP) is -0.625. The number of amides is 1. The van der Waals surface area contributed by atoms with Gasteiger partial charge >= 0.3 is 6.18 Å². The number of hydrogen-bond acceptors (Lipinski definition) is 3. The molecule has 0 saturated heterocycles. The SMILES string of the molecule is CC(N)(C(=O)NCCO)C(F)(F)F.